The number of halogens is 1. The van der Waals surface area contributed by atoms with Gasteiger partial charge in [0.05, 0.1) is 23.9 Å². The molecule has 0 radical (unpaired) electrons. The maximum atomic E-state index is 13.4. The van der Waals surface area contributed by atoms with E-state index in [-0.39, 0.29) is 30.9 Å². The first kappa shape index (κ1) is 21.9. The average Bonchev–Trinajstić information content (AvgIpc) is 3.18. The van der Waals surface area contributed by atoms with Crippen molar-refractivity contribution < 1.29 is 18.8 Å². The van der Waals surface area contributed by atoms with Crippen molar-refractivity contribution in [2.24, 2.45) is 0 Å². The first-order chi connectivity index (χ1) is 16.4. The Kier molecular flexibility index (Phi) is 5.64. The highest BCUT2D eigenvalue weighted by Crippen LogP contribution is 2.35. The van der Waals surface area contributed by atoms with Crippen LogP contribution in [-0.4, -0.2) is 83.8 Å². The average molecular weight is 465 g/mol. The highest BCUT2D eigenvalue weighted by atomic mass is 19.1. The molecule has 3 aliphatic rings. The van der Waals surface area contributed by atoms with Crippen molar-refractivity contribution in [2.75, 3.05) is 51.2 Å². The number of nitrogens with one attached hydrogen (secondary N) is 1. The van der Waals surface area contributed by atoms with Gasteiger partial charge in [-0.1, -0.05) is 18.2 Å². The number of carbonyl (C=O) groups excluding carboxylic acids is 3. The van der Waals surface area contributed by atoms with Crippen LogP contribution in [0.25, 0.3) is 0 Å². The summed E-state index contributed by atoms with van der Waals surface area (Å²) in [5.41, 5.74) is 1.60. The summed E-state index contributed by atoms with van der Waals surface area (Å²) in [7, 11) is 1.60. The number of benzene rings is 1. The minimum Gasteiger partial charge on any atom is -0.353 e. The zero-order valence-corrected chi connectivity index (χ0v) is 18.8. The smallest absolute Gasteiger partial charge is 0.322 e. The zero-order chi connectivity index (χ0) is 23.8. The molecule has 1 fully saturated rings. The van der Waals surface area contributed by atoms with Crippen molar-refractivity contribution >= 4 is 23.7 Å². The van der Waals surface area contributed by atoms with Crippen molar-refractivity contribution in [2.45, 2.75) is 6.04 Å². The highest BCUT2D eigenvalue weighted by Gasteiger charge is 2.43. The third-order valence-corrected chi connectivity index (χ3v) is 6.57. The van der Waals surface area contributed by atoms with Crippen LogP contribution in [0.4, 0.5) is 15.0 Å². The van der Waals surface area contributed by atoms with Gasteiger partial charge < -0.3 is 20.0 Å². The fraction of sp³-hybridized carbons (Fsp3) is 0.333. The molecule has 5 rings (SSSR count). The summed E-state index contributed by atoms with van der Waals surface area (Å²) in [6.45, 7) is 2.53. The summed E-state index contributed by atoms with van der Waals surface area (Å²) < 4.78 is 13.4. The largest absolute Gasteiger partial charge is 0.353 e. The minimum absolute atomic E-state index is 0.0619. The van der Waals surface area contributed by atoms with Gasteiger partial charge in [0.25, 0.3) is 5.91 Å². The summed E-state index contributed by atoms with van der Waals surface area (Å²) >= 11 is 0. The number of urea groups is 1. The van der Waals surface area contributed by atoms with Gasteiger partial charge in [0.15, 0.2) is 0 Å². The number of rotatable bonds is 4. The molecular weight excluding hydrogens is 439 g/mol. The summed E-state index contributed by atoms with van der Waals surface area (Å²) in [6, 6.07) is 10.4. The quantitative estimate of drug-likeness (QED) is 0.738. The molecule has 0 spiro atoms. The molecule has 3 aliphatic heterocycles. The summed E-state index contributed by atoms with van der Waals surface area (Å²) in [6.07, 6.45) is 1.75. The first-order valence-electron chi connectivity index (χ1n) is 11.2. The molecule has 4 heterocycles. The Bertz CT molecular complexity index is 1150. The molecule has 1 aromatic carbocycles. The summed E-state index contributed by atoms with van der Waals surface area (Å²) in [4.78, 5) is 50.0. The monoisotopic (exact) mass is 464 g/mol. The minimum atomic E-state index is -0.686. The predicted octanol–water partition coefficient (Wildman–Crippen LogP) is 1.36. The summed E-state index contributed by atoms with van der Waals surface area (Å²) in [5, 5.41) is 2.81. The number of amides is 4. The van der Waals surface area contributed by atoms with E-state index >= 15 is 0 Å². The molecule has 2 aromatic rings. The maximum Gasteiger partial charge on any atom is 0.322 e. The first-order valence-corrected chi connectivity index (χ1v) is 11.2. The van der Waals surface area contributed by atoms with Gasteiger partial charge in [-0.15, -0.1) is 0 Å². The molecule has 9 nitrogen and oxygen atoms in total. The number of hydrogen-bond donors (Lipinski definition) is 1. The highest BCUT2D eigenvalue weighted by molar-refractivity contribution is 6.02. The number of nitrogens with zero attached hydrogens (tertiary/aromatic N) is 5. The molecule has 1 N–H and O–H groups in total. The van der Waals surface area contributed by atoms with E-state index < -0.39 is 11.9 Å². The Morgan fingerprint density at radius 3 is 2.50 bits per heavy atom. The topological polar surface area (TPSA) is 89.1 Å². The van der Waals surface area contributed by atoms with Gasteiger partial charge in [0, 0.05) is 39.4 Å². The number of hydrogen-bond acceptors (Lipinski definition) is 5. The van der Waals surface area contributed by atoms with Crippen LogP contribution in [-0.2, 0) is 9.59 Å². The van der Waals surface area contributed by atoms with E-state index in [9.17, 15) is 18.8 Å². The van der Waals surface area contributed by atoms with E-state index in [1.807, 2.05) is 18.2 Å². The third-order valence-electron chi connectivity index (χ3n) is 6.57. The number of pyridine rings is 1. The van der Waals surface area contributed by atoms with Gasteiger partial charge in [0.2, 0.25) is 5.91 Å². The third kappa shape index (κ3) is 3.95. The number of aromatic nitrogens is 1. The lowest BCUT2D eigenvalue weighted by Crippen LogP contribution is -2.51. The second-order valence-electron chi connectivity index (χ2n) is 8.57. The fourth-order valence-corrected chi connectivity index (χ4v) is 4.65. The lowest BCUT2D eigenvalue weighted by Gasteiger charge is -2.36. The van der Waals surface area contributed by atoms with Crippen LogP contribution in [0, 0.1) is 5.82 Å². The molecule has 34 heavy (non-hydrogen) atoms. The number of piperazine rings is 1. The molecule has 0 saturated carbocycles. The molecule has 1 atom stereocenters. The van der Waals surface area contributed by atoms with Crippen molar-refractivity contribution in [3.63, 3.8) is 0 Å². The molecule has 1 aromatic heterocycles. The van der Waals surface area contributed by atoms with E-state index in [4.69, 9.17) is 0 Å². The van der Waals surface area contributed by atoms with Crippen molar-refractivity contribution in [3.05, 3.63) is 71.3 Å². The molecule has 176 valence electrons. The normalized spacial score (nSPS) is 20.6. The maximum absolute atomic E-state index is 13.4. The SMILES string of the molecule is CN1C(=O)NC(c2ccc(F)cc2)C2=C1CN(CC(=O)N1CCN(c3ccccn3)CC1)C2=O. The second kappa shape index (κ2) is 8.77. The molecule has 0 aliphatic carbocycles. The summed E-state index contributed by atoms with van der Waals surface area (Å²) in [5.74, 6) is 0.0596. The molecule has 0 bridgehead atoms. The number of likely N-dealkylation sites (N-methyl/N-ethyl adjacent to an activating group) is 1. The van der Waals surface area contributed by atoms with E-state index in [2.05, 4.69) is 15.2 Å². The van der Waals surface area contributed by atoms with E-state index in [1.54, 1.807) is 30.3 Å². The predicted molar refractivity (Wildman–Crippen MR) is 122 cm³/mol. The van der Waals surface area contributed by atoms with Gasteiger partial charge in [-0.05, 0) is 29.8 Å². The zero-order valence-electron chi connectivity index (χ0n) is 18.8. The lowest BCUT2D eigenvalue weighted by molar-refractivity contribution is -0.137. The van der Waals surface area contributed by atoms with Crippen LogP contribution in [0.5, 0.6) is 0 Å². The van der Waals surface area contributed by atoms with Gasteiger partial charge in [-0.2, -0.15) is 0 Å². The molecular formula is C24H25FN6O3. The van der Waals surface area contributed by atoms with Crippen LogP contribution >= 0.6 is 0 Å². The Hall–Kier alpha value is -3.95. The van der Waals surface area contributed by atoms with E-state index in [0.29, 0.717) is 43.0 Å². The van der Waals surface area contributed by atoms with E-state index in [1.165, 1.54) is 21.9 Å². The van der Waals surface area contributed by atoms with Gasteiger partial charge in [-0.3, -0.25) is 14.5 Å². The van der Waals surface area contributed by atoms with Gasteiger partial charge >= 0.3 is 6.03 Å². The van der Waals surface area contributed by atoms with Crippen LogP contribution < -0.4 is 10.2 Å². The lowest BCUT2D eigenvalue weighted by atomic mass is 9.96. The number of anilines is 1. The van der Waals surface area contributed by atoms with Gasteiger partial charge in [0.1, 0.15) is 18.2 Å². The van der Waals surface area contributed by atoms with Crippen molar-refractivity contribution in [1.29, 1.82) is 0 Å². The van der Waals surface area contributed by atoms with Crippen LogP contribution in [0.1, 0.15) is 11.6 Å². The van der Waals surface area contributed by atoms with Crippen molar-refractivity contribution in [1.82, 2.24) is 25.0 Å². The fourth-order valence-electron chi connectivity index (χ4n) is 4.65. The Morgan fingerprint density at radius 1 is 1.09 bits per heavy atom. The van der Waals surface area contributed by atoms with Crippen LogP contribution in [0.15, 0.2) is 59.9 Å². The Morgan fingerprint density at radius 2 is 1.82 bits per heavy atom. The Balaban J connectivity index is 1.27. The molecule has 4 amide bonds. The Labute approximate surface area is 196 Å². The van der Waals surface area contributed by atoms with Crippen LogP contribution in [0.2, 0.25) is 0 Å². The second-order valence-corrected chi connectivity index (χ2v) is 8.57. The molecule has 10 heteroatoms. The standard InChI is InChI=1S/C24H25FN6O3/c1-28-18-14-31(15-20(32)30-12-10-29(11-13-30)19-4-2-3-9-26-19)23(33)21(18)22(27-24(28)34)16-5-7-17(25)8-6-16/h2-9,22H,10-15H2,1H3,(H,27,34). The molecule has 1 unspecified atom stereocenters. The van der Waals surface area contributed by atoms with E-state index in [0.717, 1.165) is 5.82 Å². The van der Waals surface area contributed by atoms with Crippen molar-refractivity contribution in [3.8, 4) is 0 Å². The molecule has 1 saturated heterocycles. The van der Waals surface area contributed by atoms with Crippen LogP contribution in [0.3, 0.4) is 0 Å². The number of carbonyl (C=O) groups is 3. The van der Waals surface area contributed by atoms with Gasteiger partial charge in [-0.25, -0.2) is 14.2 Å².